The van der Waals surface area contributed by atoms with Gasteiger partial charge >= 0.3 is 11.9 Å². The van der Waals surface area contributed by atoms with Gasteiger partial charge < -0.3 is 24.6 Å². The number of ether oxygens (including phenoxy) is 3. The molecule has 0 aliphatic carbocycles. The van der Waals surface area contributed by atoms with Gasteiger partial charge in [0.1, 0.15) is 12.4 Å². The van der Waals surface area contributed by atoms with Gasteiger partial charge in [-0.05, 0) is 55.3 Å². The lowest BCUT2D eigenvalue weighted by molar-refractivity contribution is -0.164. The Labute approximate surface area is 187 Å². The van der Waals surface area contributed by atoms with Crippen LogP contribution in [0.4, 0.5) is 0 Å². The van der Waals surface area contributed by atoms with Crippen molar-refractivity contribution in [3.63, 3.8) is 0 Å². The number of hydrogen-bond acceptors (Lipinski definition) is 6. The number of esters is 1. The van der Waals surface area contributed by atoms with E-state index in [4.69, 9.17) is 30.9 Å². The molecule has 8 heteroatoms. The van der Waals surface area contributed by atoms with Crippen LogP contribution in [0.25, 0.3) is 0 Å². The largest absolute Gasteiger partial charge is 0.491 e. The summed E-state index contributed by atoms with van der Waals surface area (Å²) in [5.41, 5.74) is 2.02. The molecule has 7 nitrogen and oxygen atoms in total. The molecule has 0 heterocycles. The van der Waals surface area contributed by atoms with Crippen LogP contribution in [0.2, 0.25) is 5.02 Å². The Hall–Kier alpha value is -2.61. The molecule has 31 heavy (non-hydrogen) atoms. The lowest BCUT2D eigenvalue weighted by atomic mass is 10.00. The Balaban J connectivity index is 1.81. The van der Waals surface area contributed by atoms with Crippen LogP contribution in [0.5, 0.6) is 5.75 Å². The van der Waals surface area contributed by atoms with Crippen molar-refractivity contribution in [3.05, 3.63) is 64.7 Å². The molecule has 1 unspecified atom stereocenters. The van der Waals surface area contributed by atoms with Crippen LogP contribution in [0, 0.1) is 0 Å². The summed E-state index contributed by atoms with van der Waals surface area (Å²) in [6.07, 6.45) is 0.802. The zero-order chi connectivity index (χ0) is 22.5. The molecular formula is C23H28ClNO6. The zero-order valence-electron chi connectivity index (χ0n) is 17.5. The van der Waals surface area contributed by atoms with Crippen LogP contribution in [-0.4, -0.2) is 56.6 Å². The van der Waals surface area contributed by atoms with Crippen molar-refractivity contribution >= 4 is 23.5 Å². The predicted octanol–water partition coefficient (Wildman–Crippen LogP) is 3.30. The highest BCUT2D eigenvalue weighted by Crippen LogP contribution is 2.20. The van der Waals surface area contributed by atoms with Crippen molar-refractivity contribution in [2.75, 3.05) is 39.5 Å². The van der Waals surface area contributed by atoms with Crippen molar-refractivity contribution in [1.29, 1.82) is 0 Å². The average molecular weight is 450 g/mol. The quantitative estimate of drug-likeness (QED) is 0.275. The first kappa shape index (κ1) is 24.7. The Morgan fingerprint density at radius 2 is 1.90 bits per heavy atom. The van der Waals surface area contributed by atoms with Gasteiger partial charge in [-0.15, -0.1) is 0 Å². The van der Waals surface area contributed by atoms with E-state index in [1.165, 1.54) is 0 Å². The van der Waals surface area contributed by atoms with Crippen LogP contribution in [0.3, 0.4) is 0 Å². The summed E-state index contributed by atoms with van der Waals surface area (Å²) in [6.45, 7) is 4.87. The van der Waals surface area contributed by atoms with Gasteiger partial charge in [-0.1, -0.05) is 35.9 Å². The van der Waals surface area contributed by atoms with Crippen molar-refractivity contribution in [1.82, 2.24) is 5.32 Å². The van der Waals surface area contributed by atoms with Crippen LogP contribution >= 0.6 is 11.6 Å². The number of halogens is 1. The molecule has 0 saturated heterocycles. The maximum atomic E-state index is 11.3. The van der Waals surface area contributed by atoms with Crippen LogP contribution in [-0.2, 0) is 25.5 Å². The van der Waals surface area contributed by atoms with E-state index < -0.39 is 11.9 Å². The summed E-state index contributed by atoms with van der Waals surface area (Å²) in [6, 6.07) is 15.1. The molecule has 0 aliphatic rings. The molecule has 0 spiro atoms. The molecule has 0 amide bonds. The van der Waals surface area contributed by atoms with Crippen molar-refractivity contribution < 1.29 is 28.9 Å². The van der Waals surface area contributed by atoms with Crippen molar-refractivity contribution in [2.24, 2.45) is 0 Å². The number of carbonyl (C=O) groups excluding carboxylic acids is 1. The fourth-order valence-corrected chi connectivity index (χ4v) is 3.09. The summed E-state index contributed by atoms with van der Waals surface area (Å²) in [5, 5.41) is 12.6. The predicted molar refractivity (Wildman–Crippen MR) is 118 cm³/mol. The Bertz CT molecular complexity index is 827. The van der Waals surface area contributed by atoms with E-state index in [0.717, 1.165) is 23.3 Å². The van der Waals surface area contributed by atoms with E-state index in [1.54, 1.807) is 12.1 Å². The maximum absolute atomic E-state index is 11.3. The monoisotopic (exact) mass is 449 g/mol. The molecule has 2 aromatic rings. The number of hydrogen-bond donors (Lipinski definition) is 2. The fraction of sp³-hybridized carbons (Fsp3) is 0.391. The van der Waals surface area contributed by atoms with Gasteiger partial charge in [0.25, 0.3) is 0 Å². The van der Waals surface area contributed by atoms with Gasteiger partial charge in [0.15, 0.2) is 0 Å². The fourth-order valence-electron chi connectivity index (χ4n) is 2.90. The lowest BCUT2D eigenvalue weighted by Crippen LogP contribution is -2.28. The summed E-state index contributed by atoms with van der Waals surface area (Å²) < 4.78 is 15.7. The average Bonchev–Trinajstić information content (AvgIpc) is 2.76. The zero-order valence-corrected chi connectivity index (χ0v) is 18.3. The van der Waals surface area contributed by atoms with E-state index in [-0.39, 0.29) is 12.5 Å². The highest BCUT2D eigenvalue weighted by atomic mass is 35.5. The second-order valence-electron chi connectivity index (χ2n) is 6.80. The van der Waals surface area contributed by atoms with E-state index in [0.29, 0.717) is 37.9 Å². The first-order chi connectivity index (χ1) is 15.0. The molecule has 0 radical (unpaired) electrons. The minimum absolute atomic E-state index is 0.0493. The molecule has 0 aliphatic heterocycles. The van der Waals surface area contributed by atoms with Crippen molar-refractivity contribution in [3.8, 4) is 5.75 Å². The highest BCUT2D eigenvalue weighted by molar-refractivity contribution is 6.30. The molecule has 0 fully saturated rings. The normalized spacial score (nSPS) is 11.7. The first-order valence-electron chi connectivity index (χ1n) is 10.1. The number of nitrogens with one attached hydrogen (secondary N) is 1. The Morgan fingerprint density at radius 3 is 2.58 bits per heavy atom. The molecular weight excluding hydrogens is 422 g/mol. The summed E-state index contributed by atoms with van der Waals surface area (Å²) in [7, 11) is 0. The van der Waals surface area contributed by atoms with Gasteiger partial charge in [0, 0.05) is 24.1 Å². The minimum atomic E-state index is -1.61. The molecule has 168 valence electrons. The van der Waals surface area contributed by atoms with E-state index in [9.17, 15) is 9.59 Å². The Morgan fingerprint density at radius 1 is 1.13 bits per heavy atom. The molecule has 2 rings (SSSR count). The maximum Gasteiger partial charge on any atom is 0.417 e. The number of carboxylic acid groups (broad SMARTS) is 1. The third kappa shape index (κ3) is 9.38. The number of carboxylic acids is 1. The highest BCUT2D eigenvalue weighted by Gasteiger charge is 2.18. The van der Waals surface area contributed by atoms with Gasteiger partial charge in [-0.2, -0.15) is 0 Å². The van der Waals surface area contributed by atoms with E-state index in [2.05, 4.69) is 5.32 Å². The van der Waals surface area contributed by atoms with Gasteiger partial charge in [-0.3, -0.25) is 0 Å². The third-order valence-corrected chi connectivity index (χ3v) is 4.75. The second-order valence-corrected chi connectivity index (χ2v) is 7.24. The summed E-state index contributed by atoms with van der Waals surface area (Å²) in [5.74, 6) is -2.29. The third-order valence-electron chi connectivity index (χ3n) is 4.52. The summed E-state index contributed by atoms with van der Waals surface area (Å²) in [4.78, 5) is 22.0. The first-order valence-corrected chi connectivity index (χ1v) is 10.5. The van der Waals surface area contributed by atoms with E-state index >= 15 is 0 Å². The van der Waals surface area contributed by atoms with Gasteiger partial charge in [0.05, 0.1) is 13.2 Å². The molecule has 1 atom stereocenters. The topological polar surface area (TPSA) is 94.1 Å². The lowest BCUT2D eigenvalue weighted by Gasteiger charge is -2.18. The number of rotatable bonds is 13. The second kappa shape index (κ2) is 13.6. The number of carbonyl (C=O) groups is 2. The number of benzene rings is 2. The van der Waals surface area contributed by atoms with Crippen LogP contribution in [0.1, 0.15) is 24.0 Å². The Kier molecular flexibility index (Phi) is 10.9. The molecule has 0 aromatic heterocycles. The van der Waals surface area contributed by atoms with Gasteiger partial charge in [-0.25, -0.2) is 9.59 Å². The van der Waals surface area contributed by atoms with E-state index in [1.807, 2.05) is 43.3 Å². The standard InChI is InChI=1S/C23H28ClNO6/c1-2-29-12-13-30-21-8-6-17(7-9-21)10-11-25-15-19(16-31-23(28)22(26)27)18-4-3-5-20(24)14-18/h3-9,14,19,25H,2,10-13,15-16H2,1H3,(H,26,27). The minimum Gasteiger partial charge on any atom is -0.491 e. The number of aliphatic carboxylic acids is 1. The van der Waals surface area contributed by atoms with Crippen molar-refractivity contribution in [2.45, 2.75) is 19.3 Å². The van der Waals surface area contributed by atoms with Gasteiger partial charge in [0.2, 0.25) is 0 Å². The summed E-state index contributed by atoms with van der Waals surface area (Å²) >= 11 is 6.06. The smallest absolute Gasteiger partial charge is 0.417 e. The molecule has 2 N–H and O–H groups in total. The van der Waals surface area contributed by atoms with Crippen LogP contribution in [0.15, 0.2) is 48.5 Å². The van der Waals surface area contributed by atoms with Crippen LogP contribution < -0.4 is 10.1 Å². The SMILES string of the molecule is CCOCCOc1ccc(CCNCC(COC(=O)C(=O)O)c2cccc(Cl)c2)cc1. The molecule has 0 bridgehead atoms. The molecule has 0 saturated carbocycles. The molecule has 2 aromatic carbocycles.